The highest BCUT2D eigenvalue weighted by Crippen LogP contribution is 2.32. The van der Waals surface area contributed by atoms with Crippen LogP contribution in [0.25, 0.3) is 0 Å². The number of benzene rings is 1. The summed E-state index contributed by atoms with van der Waals surface area (Å²) in [5.41, 5.74) is 2.20. The average molecular weight is 357 g/mol. The number of hydrogen-bond acceptors (Lipinski definition) is 2. The molecule has 3 nitrogen and oxygen atoms in total. The van der Waals surface area contributed by atoms with Crippen LogP contribution in [-0.2, 0) is 6.54 Å². The molecule has 5 heteroatoms. The van der Waals surface area contributed by atoms with Gasteiger partial charge in [-0.15, -0.1) is 0 Å². The molecular weight excluding hydrogens is 338 g/mol. The predicted octanol–water partition coefficient (Wildman–Crippen LogP) is 4.41. The van der Waals surface area contributed by atoms with Gasteiger partial charge >= 0.3 is 0 Å². The van der Waals surface area contributed by atoms with Crippen molar-refractivity contribution in [2.75, 3.05) is 6.54 Å². The van der Waals surface area contributed by atoms with Gasteiger partial charge in [-0.1, -0.05) is 59.6 Å². The zero-order valence-electron chi connectivity index (χ0n) is 11.7. The van der Waals surface area contributed by atoms with E-state index in [2.05, 4.69) is 46.3 Å². The Balaban J connectivity index is 2.49. The van der Waals surface area contributed by atoms with Gasteiger partial charge < -0.3 is 5.32 Å². The van der Waals surface area contributed by atoms with E-state index in [1.54, 1.807) is 6.20 Å². The molecule has 1 unspecified atom stereocenters. The lowest BCUT2D eigenvalue weighted by Gasteiger charge is -2.21. The van der Waals surface area contributed by atoms with Crippen LogP contribution >= 0.6 is 27.5 Å². The van der Waals surface area contributed by atoms with E-state index in [0.29, 0.717) is 5.02 Å². The number of halogens is 2. The number of hydrogen-bond donors (Lipinski definition) is 1. The lowest BCUT2D eigenvalue weighted by atomic mass is 10.0. The highest BCUT2D eigenvalue weighted by molar-refractivity contribution is 9.10. The minimum absolute atomic E-state index is 0.0390. The maximum absolute atomic E-state index is 6.37. The van der Waals surface area contributed by atoms with Gasteiger partial charge in [0.25, 0.3) is 0 Å². The molecule has 0 aliphatic carbocycles. The molecule has 2 aromatic rings. The van der Waals surface area contributed by atoms with Gasteiger partial charge in [0.15, 0.2) is 0 Å². The van der Waals surface area contributed by atoms with Crippen molar-refractivity contribution in [1.82, 2.24) is 15.1 Å². The van der Waals surface area contributed by atoms with Crippen LogP contribution in [-0.4, -0.2) is 16.3 Å². The van der Waals surface area contributed by atoms with Gasteiger partial charge in [0, 0.05) is 11.0 Å². The van der Waals surface area contributed by atoms with Gasteiger partial charge in [0.2, 0.25) is 0 Å². The Morgan fingerprint density at radius 2 is 2.10 bits per heavy atom. The third-order valence-electron chi connectivity index (χ3n) is 3.17. The Labute approximate surface area is 133 Å². The van der Waals surface area contributed by atoms with Crippen LogP contribution in [0.2, 0.25) is 5.02 Å². The molecule has 1 atom stereocenters. The molecule has 0 saturated heterocycles. The van der Waals surface area contributed by atoms with Crippen molar-refractivity contribution in [3.8, 4) is 0 Å². The first kappa shape index (κ1) is 15.5. The van der Waals surface area contributed by atoms with Gasteiger partial charge in [0.1, 0.15) is 0 Å². The summed E-state index contributed by atoms with van der Waals surface area (Å²) < 4.78 is 3.07. The largest absolute Gasteiger partial charge is 0.305 e. The number of nitrogens with zero attached hydrogens (tertiary/aromatic N) is 2. The van der Waals surface area contributed by atoms with E-state index >= 15 is 0 Å². The second-order valence-electron chi connectivity index (χ2n) is 4.61. The summed E-state index contributed by atoms with van der Waals surface area (Å²) in [5, 5.41) is 8.61. The number of rotatable bonds is 6. The minimum Gasteiger partial charge on any atom is -0.305 e. The van der Waals surface area contributed by atoms with Crippen molar-refractivity contribution >= 4 is 27.5 Å². The zero-order chi connectivity index (χ0) is 14.5. The molecule has 108 valence electrons. The van der Waals surface area contributed by atoms with E-state index in [0.717, 1.165) is 29.7 Å². The highest BCUT2D eigenvalue weighted by Gasteiger charge is 2.22. The smallest absolute Gasteiger partial charge is 0.0837 e. The molecule has 0 saturated carbocycles. The van der Waals surface area contributed by atoms with Gasteiger partial charge in [-0.05, 0) is 24.6 Å². The lowest BCUT2D eigenvalue weighted by Crippen LogP contribution is -2.25. The van der Waals surface area contributed by atoms with Gasteiger partial charge in [-0.2, -0.15) is 5.10 Å². The molecule has 0 spiro atoms. The summed E-state index contributed by atoms with van der Waals surface area (Å²) in [5.74, 6) is 0. The van der Waals surface area contributed by atoms with Crippen LogP contribution in [0.3, 0.4) is 0 Å². The van der Waals surface area contributed by atoms with E-state index in [-0.39, 0.29) is 6.04 Å². The van der Waals surface area contributed by atoms with Crippen molar-refractivity contribution < 1.29 is 0 Å². The molecule has 0 fully saturated rings. The van der Waals surface area contributed by atoms with Crippen LogP contribution in [0.1, 0.15) is 37.6 Å². The molecule has 2 rings (SSSR count). The summed E-state index contributed by atoms with van der Waals surface area (Å²) >= 11 is 10.0. The van der Waals surface area contributed by atoms with Crippen molar-refractivity contribution in [2.24, 2.45) is 0 Å². The predicted molar refractivity (Wildman–Crippen MR) is 87.2 cm³/mol. The number of aryl methyl sites for hydroxylation is 1. The van der Waals surface area contributed by atoms with E-state index < -0.39 is 0 Å². The molecule has 20 heavy (non-hydrogen) atoms. The third kappa shape index (κ3) is 3.25. The fourth-order valence-electron chi connectivity index (χ4n) is 2.32. The fraction of sp³-hybridized carbons (Fsp3) is 0.400. The molecular formula is C15H19BrClN3. The maximum Gasteiger partial charge on any atom is 0.0837 e. The fourth-order valence-corrected chi connectivity index (χ4v) is 3.08. The van der Waals surface area contributed by atoms with E-state index in [1.807, 2.05) is 22.9 Å². The molecule has 1 aromatic carbocycles. The number of aromatic nitrogens is 2. The highest BCUT2D eigenvalue weighted by atomic mass is 79.9. The third-order valence-corrected chi connectivity index (χ3v) is 4.18. The molecule has 1 aromatic heterocycles. The lowest BCUT2D eigenvalue weighted by molar-refractivity contribution is 0.520. The van der Waals surface area contributed by atoms with Gasteiger partial charge in [-0.3, -0.25) is 4.68 Å². The Kier molecular flexibility index (Phi) is 5.64. The first-order chi connectivity index (χ1) is 9.69. The maximum atomic E-state index is 6.37. The van der Waals surface area contributed by atoms with Crippen LogP contribution in [0, 0.1) is 0 Å². The summed E-state index contributed by atoms with van der Waals surface area (Å²) in [6.45, 7) is 5.96. The summed E-state index contributed by atoms with van der Waals surface area (Å²) in [6.07, 6.45) is 2.76. The van der Waals surface area contributed by atoms with E-state index in [9.17, 15) is 0 Å². The Hall–Kier alpha value is -0.840. The molecule has 0 aliphatic rings. The quantitative estimate of drug-likeness (QED) is 0.831. The molecule has 0 radical (unpaired) electrons. The van der Waals surface area contributed by atoms with E-state index in [1.165, 1.54) is 5.56 Å². The van der Waals surface area contributed by atoms with Crippen LogP contribution in [0.4, 0.5) is 0 Å². The molecule has 0 amide bonds. The summed E-state index contributed by atoms with van der Waals surface area (Å²) in [4.78, 5) is 0. The van der Waals surface area contributed by atoms with Gasteiger partial charge in [-0.25, -0.2) is 0 Å². The molecule has 1 N–H and O–H groups in total. The first-order valence-corrected chi connectivity index (χ1v) is 8.05. The second-order valence-corrected chi connectivity index (χ2v) is 5.87. The Bertz CT molecular complexity index is 568. The van der Waals surface area contributed by atoms with Crippen molar-refractivity contribution in [1.29, 1.82) is 0 Å². The average Bonchev–Trinajstić information content (AvgIpc) is 2.79. The van der Waals surface area contributed by atoms with Crippen LogP contribution in [0.5, 0.6) is 0 Å². The summed E-state index contributed by atoms with van der Waals surface area (Å²) in [7, 11) is 0. The van der Waals surface area contributed by atoms with Crippen molar-refractivity contribution in [3.05, 3.63) is 51.2 Å². The molecule has 0 aliphatic heterocycles. The standard InChI is InChI=1S/C15H19BrClN3/c1-3-9-20-15(13(17)10-19-20)14(18-4-2)11-7-5-6-8-12(11)16/h5-8,10,14,18H,3-4,9H2,1-2H3. The van der Waals surface area contributed by atoms with Gasteiger partial charge in [0.05, 0.1) is 23.0 Å². The first-order valence-electron chi connectivity index (χ1n) is 6.88. The minimum atomic E-state index is 0.0390. The van der Waals surface area contributed by atoms with E-state index in [4.69, 9.17) is 11.6 Å². The normalized spacial score (nSPS) is 12.6. The summed E-state index contributed by atoms with van der Waals surface area (Å²) in [6, 6.07) is 8.25. The van der Waals surface area contributed by atoms with Crippen molar-refractivity contribution in [3.63, 3.8) is 0 Å². The number of nitrogens with one attached hydrogen (secondary N) is 1. The van der Waals surface area contributed by atoms with Crippen LogP contribution in [0.15, 0.2) is 34.9 Å². The monoisotopic (exact) mass is 355 g/mol. The topological polar surface area (TPSA) is 29.9 Å². The SMILES string of the molecule is CCCn1ncc(Cl)c1C(NCC)c1ccccc1Br. The Morgan fingerprint density at radius 1 is 1.35 bits per heavy atom. The Morgan fingerprint density at radius 3 is 2.75 bits per heavy atom. The molecule has 0 bridgehead atoms. The zero-order valence-corrected chi connectivity index (χ0v) is 14.1. The molecule has 1 heterocycles. The van der Waals surface area contributed by atoms with Crippen molar-refractivity contribution in [2.45, 2.75) is 32.9 Å². The van der Waals surface area contributed by atoms with Crippen LogP contribution < -0.4 is 5.32 Å². The second kappa shape index (κ2) is 7.25.